The third-order valence-electron chi connectivity index (χ3n) is 4.47. The fourth-order valence-corrected chi connectivity index (χ4v) is 4.23. The maximum absolute atomic E-state index is 12.7. The van der Waals surface area contributed by atoms with Crippen LogP contribution in [-0.4, -0.2) is 37.4 Å². The van der Waals surface area contributed by atoms with Crippen molar-refractivity contribution in [1.29, 1.82) is 0 Å². The molecule has 112 valence electrons. The number of sulfonamides is 1. The molecule has 2 fully saturated rings. The van der Waals surface area contributed by atoms with Gasteiger partial charge in [-0.25, -0.2) is 8.42 Å². The van der Waals surface area contributed by atoms with E-state index in [1.807, 2.05) is 19.3 Å². The minimum Gasteiger partial charge on any atom is -0.346 e. The van der Waals surface area contributed by atoms with Crippen molar-refractivity contribution in [1.82, 2.24) is 14.2 Å². The summed E-state index contributed by atoms with van der Waals surface area (Å²) in [5.74, 6) is 0. The first-order valence-electron chi connectivity index (χ1n) is 7.37. The molecule has 3 rings (SSSR count). The van der Waals surface area contributed by atoms with Crippen LogP contribution in [0.15, 0.2) is 17.2 Å². The third kappa shape index (κ3) is 2.40. The molecule has 1 N–H and O–H groups in total. The van der Waals surface area contributed by atoms with E-state index in [2.05, 4.69) is 9.88 Å². The number of hydrogen-bond donors (Lipinski definition) is 1. The van der Waals surface area contributed by atoms with Crippen molar-refractivity contribution < 1.29 is 8.42 Å². The largest absolute Gasteiger partial charge is 0.346 e. The molecule has 0 amide bonds. The zero-order valence-electron chi connectivity index (χ0n) is 12.2. The van der Waals surface area contributed by atoms with E-state index in [1.54, 1.807) is 11.4 Å². The lowest BCUT2D eigenvalue weighted by molar-refractivity contribution is 0.249. The normalized spacial score (nSPS) is 20.4. The molecule has 0 saturated heterocycles. The Morgan fingerprint density at radius 3 is 2.55 bits per heavy atom. The van der Waals surface area contributed by atoms with Crippen LogP contribution in [0.25, 0.3) is 0 Å². The summed E-state index contributed by atoms with van der Waals surface area (Å²) in [6.07, 6.45) is 7.25. The topological polar surface area (TPSA) is 54.3 Å². The second-order valence-electron chi connectivity index (χ2n) is 5.94. The SMILES string of the molecule is CNCc1cc(S(=O)(=O)N(C)C2CCC2)cn1C1CC1. The predicted octanol–water partition coefficient (Wildman–Crippen LogP) is 1.72. The van der Waals surface area contributed by atoms with Gasteiger partial charge in [0, 0.05) is 37.6 Å². The smallest absolute Gasteiger partial charge is 0.244 e. The summed E-state index contributed by atoms with van der Waals surface area (Å²) >= 11 is 0. The highest BCUT2D eigenvalue weighted by molar-refractivity contribution is 7.89. The summed E-state index contributed by atoms with van der Waals surface area (Å²) in [4.78, 5) is 0.448. The Morgan fingerprint density at radius 2 is 2.05 bits per heavy atom. The van der Waals surface area contributed by atoms with Crippen molar-refractivity contribution in [2.24, 2.45) is 0 Å². The molecule has 2 saturated carbocycles. The molecule has 0 radical (unpaired) electrons. The van der Waals surface area contributed by atoms with E-state index in [0.29, 0.717) is 17.5 Å². The van der Waals surface area contributed by atoms with Gasteiger partial charge >= 0.3 is 0 Å². The molecule has 5 nitrogen and oxygen atoms in total. The molecule has 2 aliphatic rings. The van der Waals surface area contributed by atoms with Gasteiger partial charge in [0.15, 0.2) is 0 Å². The van der Waals surface area contributed by atoms with Gasteiger partial charge in [0.1, 0.15) is 4.90 Å². The maximum Gasteiger partial charge on any atom is 0.244 e. The Kier molecular flexibility index (Phi) is 3.64. The molecule has 1 heterocycles. The number of nitrogens with zero attached hydrogens (tertiary/aromatic N) is 2. The standard InChI is InChI=1S/C14H23N3O2S/c1-15-9-13-8-14(10-17(13)12-6-7-12)20(18,19)16(2)11-4-3-5-11/h8,10-12,15H,3-7,9H2,1-2H3. The van der Waals surface area contributed by atoms with Crippen LogP contribution in [0.1, 0.15) is 43.8 Å². The number of aromatic nitrogens is 1. The number of hydrogen-bond acceptors (Lipinski definition) is 3. The number of nitrogens with one attached hydrogen (secondary N) is 1. The molecule has 0 aliphatic heterocycles. The van der Waals surface area contributed by atoms with Crippen molar-refractivity contribution in [3.63, 3.8) is 0 Å². The fourth-order valence-electron chi connectivity index (χ4n) is 2.77. The summed E-state index contributed by atoms with van der Waals surface area (Å²) in [5.41, 5.74) is 1.07. The average Bonchev–Trinajstić information content (AvgIpc) is 3.09. The highest BCUT2D eigenvalue weighted by Crippen LogP contribution is 2.38. The molecule has 0 atom stereocenters. The zero-order chi connectivity index (χ0) is 14.3. The maximum atomic E-state index is 12.7. The quantitative estimate of drug-likeness (QED) is 0.870. The molecular weight excluding hydrogens is 274 g/mol. The van der Waals surface area contributed by atoms with Crippen LogP contribution in [0.2, 0.25) is 0 Å². The summed E-state index contributed by atoms with van der Waals surface area (Å²) in [6, 6.07) is 2.52. The van der Waals surface area contributed by atoms with Crippen LogP contribution in [0.4, 0.5) is 0 Å². The molecule has 2 aliphatic carbocycles. The van der Waals surface area contributed by atoms with Crippen molar-refractivity contribution in [2.45, 2.75) is 55.6 Å². The van der Waals surface area contributed by atoms with Gasteiger partial charge in [-0.2, -0.15) is 4.31 Å². The van der Waals surface area contributed by atoms with Gasteiger partial charge in [0.25, 0.3) is 0 Å². The van der Waals surface area contributed by atoms with Crippen LogP contribution in [0.3, 0.4) is 0 Å². The summed E-state index contributed by atoms with van der Waals surface area (Å²) in [5, 5.41) is 3.12. The number of rotatable bonds is 6. The lowest BCUT2D eigenvalue weighted by Gasteiger charge is -2.33. The Labute approximate surface area is 121 Å². The van der Waals surface area contributed by atoms with E-state index < -0.39 is 10.0 Å². The van der Waals surface area contributed by atoms with Crippen molar-refractivity contribution in [3.05, 3.63) is 18.0 Å². The Hall–Kier alpha value is -0.850. The molecule has 0 unspecified atom stereocenters. The van der Waals surface area contributed by atoms with E-state index in [0.717, 1.165) is 37.8 Å². The van der Waals surface area contributed by atoms with Crippen molar-refractivity contribution >= 4 is 10.0 Å². The molecule has 0 bridgehead atoms. The van der Waals surface area contributed by atoms with Gasteiger partial charge in [-0.1, -0.05) is 6.42 Å². The van der Waals surface area contributed by atoms with Crippen LogP contribution in [-0.2, 0) is 16.6 Å². The first kappa shape index (κ1) is 14.1. The minimum atomic E-state index is -3.34. The molecule has 20 heavy (non-hydrogen) atoms. The van der Waals surface area contributed by atoms with Gasteiger partial charge in [-0.15, -0.1) is 0 Å². The Balaban J connectivity index is 1.90. The molecule has 6 heteroatoms. The molecule has 0 aromatic carbocycles. The third-order valence-corrected chi connectivity index (χ3v) is 6.35. The zero-order valence-corrected chi connectivity index (χ0v) is 13.0. The van der Waals surface area contributed by atoms with Crippen molar-refractivity contribution in [3.8, 4) is 0 Å². The predicted molar refractivity (Wildman–Crippen MR) is 78.1 cm³/mol. The van der Waals surface area contributed by atoms with E-state index in [4.69, 9.17) is 0 Å². The van der Waals surface area contributed by atoms with Crippen LogP contribution in [0, 0.1) is 0 Å². The summed E-state index contributed by atoms with van der Waals surface area (Å²) < 4.78 is 29.0. The van der Waals surface area contributed by atoms with Gasteiger partial charge < -0.3 is 9.88 Å². The highest BCUT2D eigenvalue weighted by atomic mass is 32.2. The average molecular weight is 297 g/mol. The van der Waals surface area contributed by atoms with Gasteiger partial charge in [0.2, 0.25) is 10.0 Å². The van der Waals surface area contributed by atoms with Crippen LogP contribution < -0.4 is 5.32 Å². The molecular formula is C14H23N3O2S. The van der Waals surface area contributed by atoms with Gasteiger partial charge in [-0.3, -0.25) is 0 Å². The Morgan fingerprint density at radius 1 is 1.35 bits per heavy atom. The van der Waals surface area contributed by atoms with E-state index in [1.165, 1.54) is 0 Å². The summed E-state index contributed by atoms with van der Waals surface area (Å²) in [6.45, 7) is 0.708. The monoisotopic (exact) mass is 297 g/mol. The van der Waals surface area contributed by atoms with E-state index in [-0.39, 0.29) is 6.04 Å². The van der Waals surface area contributed by atoms with Crippen LogP contribution >= 0.6 is 0 Å². The molecule has 0 spiro atoms. The summed E-state index contributed by atoms with van der Waals surface area (Å²) in [7, 11) is 0.261. The second kappa shape index (κ2) is 5.16. The van der Waals surface area contributed by atoms with Crippen molar-refractivity contribution in [2.75, 3.05) is 14.1 Å². The first-order chi connectivity index (χ1) is 9.54. The second-order valence-corrected chi connectivity index (χ2v) is 7.94. The van der Waals surface area contributed by atoms with Gasteiger partial charge in [-0.05, 0) is 38.8 Å². The Bertz CT molecular complexity index is 586. The lowest BCUT2D eigenvalue weighted by Crippen LogP contribution is -2.41. The van der Waals surface area contributed by atoms with E-state index >= 15 is 0 Å². The van der Waals surface area contributed by atoms with E-state index in [9.17, 15) is 8.42 Å². The lowest BCUT2D eigenvalue weighted by atomic mass is 9.94. The fraction of sp³-hybridized carbons (Fsp3) is 0.714. The minimum absolute atomic E-state index is 0.192. The molecule has 1 aromatic rings. The van der Waals surface area contributed by atoms with Gasteiger partial charge in [0.05, 0.1) is 0 Å². The van der Waals surface area contributed by atoms with Crippen LogP contribution in [0.5, 0.6) is 0 Å². The highest BCUT2D eigenvalue weighted by Gasteiger charge is 2.34. The molecule has 1 aromatic heterocycles. The first-order valence-corrected chi connectivity index (χ1v) is 8.81.